The second kappa shape index (κ2) is 6.23. The third-order valence-electron chi connectivity index (χ3n) is 2.38. The molecule has 1 aromatic rings. The molecule has 16 heavy (non-hydrogen) atoms. The van der Waals surface area contributed by atoms with E-state index in [9.17, 15) is 4.79 Å². The molecule has 0 aliphatic heterocycles. The van der Waals surface area contributed by atoms with Crippen molar-refractivity contribution in [3.8, 4) is 0 Å². The minimum atomic E-state index is 0.0334. The summed E-state index contributed by atoms with van der Waals surface area (Å²) < 4.78 is 0. The predicted molar refractivity (Wildman–Crippen MR) is 67.1 cm³/mol. The Morgan fingerprint density at radius 2 is 1.94 bits per heavy atom. The molecule has 0 unspecified atom stereocenters. The molecule has 0 atom stereocenters. The van der Waals surface area contributed by atoms with Crippen LogP contribution < -0.4 is 5.32 Å². The summed E-state index contributed by atoms with van der Waals surface area (Å²) >= 11 is 0. The van der Waals surface area contributed by atoms with Crippen molar-refractivity contribution >= 4 is 5.78 Å². The van der Waals surface area contributed by atoms with Crippen LogP contribution in [0.2, 0.25) is 0 Å². The predicted octanol–water partition coefficient (Wildman–Crippen LogP) is 2.56. The average molecular weight is 217 g/mol. The van der Waals surface area contributed by atoms with Crippen molar-refractivity contribution in [1.29, 1.82) is 0 Å². The maximum atomic E-state index is 11.5. The van der Waals surface area contributed by atoms with Gasteiger partial charge in [0.2, 0.25) is 0 Å². The van der Waals surface area contributed by atoms with Crippen LogP contribution in [-0.4, -0.2) is 12.3 Å². The van der Waals surface area contributed by atoms with Gasteiger partial charge in [0, 0.05) is 24.6 Å². The van der Waals surface area contributed by atoms with E-state index in [2.05, 4.69) is 24.0 Å². The summed E-state index contributed by atoms with van der Waals surface area (Å²) in [6.45, 7) is 8.91. The Kier molecular flexibility index (Phi) is 4.93. The minimum absolute atomic E-state index is 0.0334. The van der Waals surface area contributed by atoms with Crippen LogP contribution in [0.1, 0.15) is 19.4 Å². The van der Waals surface area contributed by atoms with Gasteiger partial charge in [0.1, 0.15) is 0 Å². The Balaban J connectivity index is 2.31. The largest absolute Gasteiger partial charge is 0.309 e. The fraction of sp³-hybridized carbons (Fsp3) is 0.357. The second-order valence-electron chi connectivity index (χ2n) is 4.21. The minimum Gasteiger partial charge on any atom is -0.309 e. The normalized spacial score (nSPS) is 10.4. The third kappa shape index (κ3) is 3.99. The molecule has 1 rings (SSSR count). The smallest absolute Gasteiger partial charge is 0.162 e. The van der Waals surface area contributed by atoms with E-state index in [1.807, 2.05) is 32.0 Å². The van der Waals surface area contributed by atoms with Gasteiger partial charge in [-0.15, -0.1) is 0 Å². The van der Waals surface area contributed by atoms with E-state index < -0.39 is 0 Å². The molecule has 0 fully saturated rings. The van der Waals surface area contributed by atoms with Crippen molar-refractivity contribution in [1.82, 2.24) is 5.32 Å². The lowest BCUT2D eigenvalue weighted by Gasteiger charge is -2.09. The Labute approximate surface area is 97.4 Å². The Hall–Kier alpha value is -1.41. The molecular formula is C14H19NO. The highest BCUT2D eigenvalue weighted by molar-refractivity contribution is 5.96. The standard InChI is InChI=1S/C14H19NO/c1-11(2)14(16)12(3)9-15-10-13-7-5-4-6-8-13/h4-8,11,15H,3,9-10H2,1-2H3. The highest BCUT2D eigenvalue weighted by Crippen LogP contribution is 2.03. The van der Waals surface area contributed by atoms with Gasteiger partial charge < -0.3 is 5.32 Å². The maximum Gasteiger partial charge on any atom is 0.162 e. The third-order valence-corrected chi connectivity index (χ3v) is 2.38. The molecule has 0 saturated heterocycles. The molecule has 0 aliphatic rings. The van der Waals surface area contributed by atoms with Crippen LogP contribution in [0, 0.1) is 5.92 Å². The summed E-state index contributed by atoms with van der Waals surface area (Å²) in [6, 6.07) is 10.1. The molecule has 1 N–H and O–H groups in total. The number of hydrogen-bond acceptors (Lipinski definition) is 2. The van der Waals surface area contributed by atoms with Gasteiger partial charge in [0.05, 0.1) is 0 Å². The van der Waals surface area contributed by atoms with Crippen molar-refractivity contribution in [3.63, 3.8) is 0 Å². The van der Waals surface area contributed by atoms with E-state index in [1.54, 1.807) is 0 Å². The van der Waals surface area contributed by atoms with E-state index in [4.69, 9.17) is 0 Å². The number of benzene rings is 1. The Morgan fingerprint density at radius 1 is 1.31 bits per heavy atom. The monoisotopic (exact) mass is 217 g/mol. The quantitative estimate of drug-likeness (QED) is 0.742. The molecule has 2 heteroatoms. The van der Waals surface area contributed by atoms with Crippen molar-refractivity contribution in [3.05, 3.63) is 48.0 Å². The van der Waals surface area contributed by atoms with Crippen LogP contribution in [-0.2, 0) is 11.3 Å². The van der Waals surface area contributed by atoms with Crippen molar-refractivity contribution in [2.24, 2.45) is 5.92 Å². The number of ketones is 1. The van der Waals surface area contributed by atoms with E-state index in [-0.39, 0.29) is 11.7 Å². The van der Waals surface area contributed by atoms with E-state index in [0.717, 1.165) is 6.54 Å². The van der Waals surface area contributed by atoms with Crippen molar-refractivity contribution in [2.45, 2.75) is 20.4 Å². The number of nitrogens with one attached hydrogen (secondary N) is 1. The van der Waals surface area contributed by atoms with Gasteiger partial charge in [0.15, 0.2) is 5.78 Å². The molecule has 0 spiro atoms. The van der Waals surface area contributed by atoms with Crippen LogP contribution >= 0.6 is 0 Å². The Bertz CT molecular complexity index is 354. The lowest BCUT2D eigenvalue weighted by Crippen LogP contribution is -2.22. The first kappa shape index (κ1) is 12.7. The number of hydrogen-bond donors (Lipinski definition) is 1. The van der Waals surface area contributed by atoms with Gasteiger partial charge in [0.25, 0.3) is 0 Å². The zero-order valence-electron chi connectivity index (χ0n) is 9.99. The topological polar surface area (TPSA) is 29.1 Å². The molecule has 0 heterocycles. The molecule has 86 valence electrons. The van der Waals surface area contributed by atoms with Gasteiger partial charge in [-0.05, 0) is 5.56 Å². The van der Waals surface area contributed by atoms with E-state index >= 15 is 0 Å². The van der Waals surface area contributed by atoms with Gasteiger partial charge in [-0.2, -0.15) is 0 Å². The van der Waals surface area contributed by atoms with Gasteiger partial charge >= 0.3 is 0 Å². The summed E-state index contributed by atoms with van der Waals surface area (Å²) in [5.41, 5.74) is 1.87. The highest BCUT2D eigenvalue weighted by Gasteiger charge is 2.10. The molecular weight excluding hydrogens is 198 g/mol. The van der Waals surface area contributed by atoms with E-state index in [1.165, 1.54) is 5.56 Å². The van der Waals surface area contributed by atoms with Crippen LogP contribution in [0.4, 0.5) is 0 Å². The molecule has 0 bridgehead atoms. The lowest BCUT2D eigenvalue weighted by atomic mass is 10.0. The van der Waals surface area contributed by atoms with Gasteiger partial charge in [-0.1, -0.05) is 50.8 Å². The summed E-state index contributed by atoms with van der Waals surface area (Å²) in [4.78, 5) is 11.5. The van der Waals surface area contributed by atoms with E-state index in [0.29, 0.717) is 12.1 Å². The summed E-state index contributed by atoms with van der Waals surface area (Å²) in [5, 5.41) is 3.22. The summed E-state index contributed by atoms with van der Waals surface area (Å²) in [5.74, 6) is 0.173. The first-order valence-electron chi connectivity index (χ1n) is 5.58. The lowest BCUT2D eigenvalue weighted by molar-refractivity contribution is -0.118. The van der Waals surface area contributed by atoms with Crippen LogP contribution in [0.3, 0.4) is 0 Å². The fourth-order valence-corrected chi connectivity index (χ4v) is 1.45. The molecule has 0 aliphatic carbocycles. The number of carbonyl (C=O) groups is 1. The zero-order chi connectivity index (χ0) is 12.0. The molecule has 2 nitrogen and oxygen atoms in total. The van der Waals surface area contributed by atoms with Crippen molar-refractivity contribution < 1.29 is 4.79 Å². The zero-order valence-corrected chi connectivity index (χ0v) is 9.99. The van der Waals surface area contributed by atoms with Gasteiger partial charge in [-0.25, -0.2) is 0 Å². The molecule has 0 aromatic heterocycles. The summed E-state index contributed by atoms with van der Waals surface area (Å²) in [7, 11) is 0. The first-order valence-corrected chi connectivity index (χ1v) is 5.58. The second-order valence-corrected chi connectivity index (χ2v) is 4.21. The number of rotatable bonds is 6. The molecule has 0 radical (unpaired) electrons. The highest BCUT2D eigenvalue weighted by atomic mass is 16.1. The average Bonchev–Trinajstić information content (AvgIpc) is 2.29. The van der Waals surface area contributed by atoms with Crippen LogP contribution in [0.15, 0.2) is 42.5 Å². The summed E-state index contributed by atoms with van der Waals surface area (Å²) in [6.07, 6.45) is 0. The van der Waals surface area contributed by atoms with Gasteiger partial charge in [-0.3, -0.25) is 4.79 Å². The number of Topliss-reactive ketones (excluding diaryl/α,β-unsaturated/α-hetero) is 1. The van der Waals surface area contributed by atoms with Crippen molar-refractivity contribution in [2.75, 3.05) is 6.54 Å². The number of carbonyl (C=O) groups excluding carboxylic acids is 1. The molecule has 1 aromatic carbocycles. The van der Waals surface area contributed by atoms with Crippen LogP contribution in [0.5, 0.6) is 0 Å². The molecule has 0 saturated carbocycles. The van der Waals surface area contributed by atoms with Crippen LogP contribution in [0.25, 0.3) is 0 Å². The Morgan fingerprint density at radius 3 is 2.50 bits per heavy atom. The molecule has 0 amide bonds. The fourth-order valence-electron chi connectivity index (χ4n) is 1.45. The first-order chi connectivity index (χ1) is 7.61. The maximum absolute atomic E-state index is 11.5. The SMILES string of the molecule is C=C(CNCc1ccccc1)C(=O)C(C)C.